The summed E-state index contributed by atoms with van der Waals surface area (Å²) in [6.45, 7) is 0. The van der Waals surface area contributed by atoms with Crippen LogP contribution in [0.2, 0.25) is 0 Å². The number of aromatic amines is 1. The normalized spacial score (nSPS) is 12.9. The average molecular weight is 284 g/mol. The Kier molecular flexibility index (Phi) is 2.98. The lowest BCUT2D eigenvalue weighted by molar-refractivity contribution is 0.207. The van der Waals surface area contributed by atoms with Gasteiger partial charge in [-0.1, -0.05) is 22.0 Å². The van der Waals surface area contributed by atoms with Gasteiger partial charge in [0.25, 0.3) is 0 Å². The van der Waals surface area contributed by atoms with Crippen molar-refractivity contribution in [3.05, 3.63) is 40.2 Å². The summed E-state index contributed by atoms with van der Waals surface area (Å²) in [5.41, 5.74) is 0.735. The number of nitrogens with one attached hydrogen (secondary N) is 1. The summed E-state index contributed by atoms with van der Waals surface area (Å²) in [5.74, 6) is -0.00165. The molecule has 1 aromatic carbocycles. The number of hydrogen-bond donors (Lipinski definition) is 3. The van der Waals surface area contributed by atoms with Gasteiger partial charge in [-0.05, 0) is 17.7 Å². The average Bonchev–Trinajstić information content (AvgIpc) is 2.29. The van der Waals surface area contributed by atoms with Crippen molar-refractivity contribution >= 4 is 26.8 Å². The van der Waals surface area contributed by atoms with Crippen molar-refractivity contribution < 1.29 is 10.2 Å². The Bertz CT molecular complexity index is 579. The van der Waals surface area contributed by atoms with Crippen LogP contribution in [-0.2, 0) is 0 Å². The van der Waals surface area contributed by atoms with Gasteiger partial charge in [0, 0.05) is 16.8 Å². The second kappa shape index (κ2) is 4.27. The van der Waals surface area contributed by atoms with Gasteiger partial charge in [-0.2, -0.15) is 0 Å². The van der Waals surface area contributed by atoms with Crippen LogP contribution in [0.3, 0.4) is 0 Å². The fourth-order valence-corrected chi connectivity index (χ4v) is 1.98. The second-order valence-electron chi connectivity index (χ2n) is 3.46. The largest absolute Gasteiger partial charge is 0.506 e. The molecule has 0 amide bonds. The van der Waals surface area contributed by atoms with Crippen LogP contribution in [0.25, 0.3) is 10.9 Å². The van der Waals surface area contributed by atoms with Gasteiger partial charge in [-0.15, -0.1) is 0 Å². The molecule has 0 unspecified atom stereocenters. The molecule has 84 valence electrons. The number of pyridine rings is 1. The van der Waals surface area contributed by atoms with Crippen molar-refractivity contribution in [2.24, 2.45) is 0 Å². The molecular weight excluding hydrogens is 274 g/mol. The molecule has 16 heavy (non-hydrogen) atoms. The Morgan fingerprint density at radius 1 is 1.31 bits per heavy atom. The van der Waals surface area contributed by atoms with Crippen molar-refractivity contribution in [2.75, 3.05) is 5.33 Å². The number of aliphatic hydroxyl groups is 1. The predicted molar refractivity (Wildman–Crippen MR) is 65.0 cm³/mol. The summed E-state index contributed by atoms with van der Waals surface area (Å²) >= 11 is 3.19. The summed E-state index contributed by atoms with van der Waals surface area (Å²) in [7, 11) is 0. The Morgan fingerprint density at radius 2 is 2.06 bits per heavy atom. The number of aliphatic hydroxyl groups excluding tert-OH is 1. The van der Waals surface area contributed by atoms with Crippen LogP contribution in [0, 0.1) is 0 Å². The molecule has 1 aromatic heterocycles. The first-order valence-electron chi connectivity index (χ1n) is 4.72. The lowest BCUT2D eigenvalue weighted by atomic mass is 10.0. The number of halogens is 1. The molecule has 3 N–H and O–H groups in total. The quantitative estimate of drug-likeness (QED) is 0.734. The highest BCUT2D eigenvalue weighted by atomic mass is 79.9. The first kappa shape index (κ1) is 11.2. The Morgan fingerprint density at radius 3 is 2.75 bits per heavy atom. The van der Waals surface area contributed by atoms with Crippen molar-refractivity contribution in [2.45, 2.75) is 6.10 Å². The number of aromatic hydroxyl groups is 1. The molecule has 4 nitrogen and oxygen atoms in total. The molecule has 0 aliphatic carbocycles. The van der Waals surface area contributed by atoms with E-state index in [9.17, 15) is 15.0 Å². The van der Waals surface area contributed by atoms with E-state index in [1.54, 1.807) is 12.1 Å². The number of fused-ring (bicyclic) bond motifs is 1. The standard InChI is InChI=1S/C11H10BrNO3/c12-5-9(15)6-1-3-8(14)11-7(6)2-4-10(16)13-11/h1-4,9,14-15H,5H2,(H,13,16)/t9-/m0/s1. The van der Waals surface area contributed by atoms with E-state index in [1.165, 1.54) is 12.1 Å². The van der Waals surface area contributed by atoms with E-state index in [0.29, 0.717) is 21.8 Å². The summed E-state index contributed by atoms with van der Waals surface area (Å²) in [5, 5.41) is 20.4. The molecule has 0 fully saturated rings. The Labute approximate surface area is 99.7 Å². The van der Waals surface area contributed by atoms with Crippen LogP contribution >= 0.6 is 15.9 Å². The maximum atomic E-state index is 11.1. The summed E-state index contributed by atoms with van der Waals surface area (Å²) in [6, 6.07) is 6.06. The fraction of sp³-hybridized carbons (Fsp3) is 0.182. The van der Waals surface area contributed by atoms with Crippen LogP contribution in [0.15, 0.2) is 29.1 Å². The van der Waals surface area contributed by atoms with Crippen LogP contribution in [0.4, 0.5) is 0 Å². The highest BCUT2D eigenvalue weighted by Crippen LogP contribution is 2.29. The second-order valence-corrected chi connectivity index (χ2v) is 4.10. The maximum absolute atomic E-state index is 11.1. The SMILES string of the molecule is O=c1ccc2c([C@@H](O)CBr)ccc(O)c2[nH]1. The minimum Gasteiger partial charge on any atom is -0.506 e. The number of hydrogen-bond acceptors (Lipinski definition) is 3. The monoisotopic (exact) mass is 283 g/mol. The van der Waals surface area contributed by atoms with E-state index in [4.69, 9.17) is 0 Å². The van der Waals surface area contributed by atoms with Crippen molar-refractivity contribution in [1.82, 2.24) is 4.98 Å². The highest BCUT2D eigenvalue weighted by molar-refractivity contribution is 9.09. The molecule has 0 aliphatic heterocycles. The number of alkyl halides is 1. The molecule has 2 rings (SSSR count). The van der Waals surface area contributed by atoms with Gasteiger partial charge in [0.05, 0.1) is 11.6 Å². The number of rotatable bonds is 2. The van der Waals surface area contributed by atoms with Crippen molar-refractivity contribution in [3.8, 4) is 5.75 Å². The number of H-pyrrole nitrogens is 1. The van der Waals surface area contributed by atoms with Gasteiger partial charge in [0.2, 0.25) is 5.56 Å². The molecular formula is C11H10BrNO3. The minimum atomic E-state index is -0.672. The molecule has 1 heterocycles. The van der Waals surface area contributed by atoms with Gasteiger partial charge in [0.1, 0.15) is 5.75 Å². The summed E-state index contributed by atoms with van der Waals surface area (Å²) in [6.07, 6.45) is -0.672. The van der Waals surface area contributed by atoms with E-state index in [1.807, 2.05) is 0 Å². The van der Waals surface area contributed by atoms with Crippen molar-refractivity contribution in [3.63, 3.8) is 0 Å². The van der Waals surface area contributed by atoms with Gasteiger partial charge < -0.3 is 15.2 Å². The number of benzene rings is 1. The molecule has 1 atom stereocenters. The van der Waals surface area contributed by atoms with E-state index in [2.05, 4.69) is 20.9 Å². The van der Waals surface area contributed by atoms with Gasteiger partial charge in [-0.3, -0.25) is 4.79 Å². The summed E-state index contributed by atoms with van der Waals surface area (Å²) in [4.78, 5) is 13.7. The van der Waals surface area contributed by atoms with Crippen LogP contribution in [0.1, 0.15) is 11.7 Å². The predicted octanol–water partition coefficient (Wildman–Crippen LogP) is 1.66. The lowest BCUT2D eigenvalue weighted by Gasteiger charge is -2.11. The Balaban J connectivity index is 2.79. The zero-order chi connectivity index (χ0) is 11.7. The summed E-state index contributed by atoms with van der Waals surface area (Å²) < 4.78 is 0. The molecule has 2 aromatic rings. The molecule has 0 radical (unpaired) electrons. The third kappa shape index (κ3) is 1.83. The van der Waals surface area contributed by atoms with E-state index in [-0.39, 0.29) is 11.3 Å². The number of phenols is 1. The van der Waals surface area contributed by atoms with E-state index >= 15 is 0 Å². The van der Waals surface area contributed by atoms with Crippen LogP contribution in [0.5, 0.6) is 5.75 Å². The third-order valence-electron chi connectivity index (χ3n) is 2.41. The lowest BCUT2D eigenvalue weighted by Crippen LogP contribution is -2.05. The van der Waals surface area contributed by atoms with E-state index < -0.39 is 6.10 Å². The third-order valence-corrected chi connectivity index (χ3v) is 3.03. The minimum absolute atomic E-state index is 0.00165. The zero-order valence-corrected chi connectivity index (χ0v) is 9.86. The maximum Gasteiger partial charge on any atom is 0.248 e. The highest BCUT2D eigenvalue weighted by Gasteiger charge is 2.12. The van der Waals surface area contributed by atoms with Gasteiger partial charge in [-0.25, -0.2) is 0 Å². The first-order chi connectivity index (χ1) is 7.63. The van der Waals surface area contributed by atoms with E-state index in [0.717, 1.165) is 0 Å². The van der Waals surface area contributed by atoms with Gasteiger partial charge >= 0.3 is 0 Å². The topological polar surface area (TPSA) is 73.3 Å². The molecule has 0 spiro atoms. The van der Waals surface area contributed by atoms with Crippen LogP contribution in [-0.4, -0.2) is 20.5 Å². The molecule has 0 aliphatic rings. The number of phenolic OH excluding ortho intramolecular Hbond substituents is 1. The molecule has 0 saturated carbocycles. The molecule has 5 heteroatoms. The smallest absolute Gasteiger partial charge is 0.248 e. The zero-order valence-electron chi connectivity index (χ0n) is 8.27. The Hall–Kier alpha value is -1.33. The van der Waals surface area contributed by atoms with Crippen molar-refractivity contribution in [1.29, 1.82) is 0 Å². The molecule has 0 saturated heterocycles. The number of aromatic nitrogens is 1. The molecule has 0 bridgehead atoms. The van der Waals surface area contributed by atoms with Crippen LogP contribution < -0.4 is 5.56 Å². The first-order valence-corrected chi connectivity index (χ1v) is 5.84. The van der Waals surface area contributed by atoms with Gasteiger partial charge in [0.15, 0.2) is 0 Å². The fourth-order valence-electron chi connectivity index (χ4n) is 1.63.